The van der Waals surface area contributed by atoms with Crippen LogP contribution in [0.1, 0.15) is 5.56 Å². The Labute approximate surface area is 101 Å². The molecule has 0 aliphatic carbocycles. The summed E-state index contributed by atoms with van der Waals surface area (Å²) in [5, 5.41) is 3.07. The lowest BCUT2D eigenvalue weighted by Crippen LogP contribution is -2.01. The van der Waals surface area contributed by atoms with Crippen LogP contribution in [0.4, 0.5) is 5.69 Å². The highest BCUT2D eigenvalue weighted by molar-refractivity contribution is 5.45. The minimum absolute atomic E-state index is 0.683. The molecule has 3 nitrogen and oxygen atoms in total. The minimum atomic E-state index is 0.683. The van der Waals surface area contributed by atoms with Gasteiger partial charge in [0.15, 0.2) is 0 Å². The molecule has 3 heteroatoms. The van der Waals surface area contributed by atoms with Crippen molar-refractivity contribution in [2.75, 3.05) is 19.0 Å². The monoisotopic (exact) mass is 228 g/mol. The molecule has 17 heavy (non-hydrogen) atoms. The number of rotatable bonds is 5. The normalized spacial score (nSPS) is 9.94. The molecule has 0 bridgehead atoms. The molecule has 0 atom stereocenters. The number of ether oxygens (including phenoxy) is 1. The molecule has 2 rings (SSSR count). The molecule has 1 heterocycles. The molecule has 0 amide bonds. The van der Waals surface area contributed by atoms with E-state index >= 15 is 0 Å². The van der Waals surface area contributed by atoms with E-state index in [9.17, 15) is 0 Å². The van der Waals surface area contributed by atoms with E-state index in [0.29, 0.717) is 6.61 Å². The number of pyridine rings is 1. The fourth-order valence-electron chi connectivity index (χ4n) is 1.55. The first-order valence-electron chi connectivity index (χ1n) is 5.68. The highest BCUT2D eigenvalue weighted by atomic mass is 16.5. The van der Waals surface area contributed by atoms with Crippen LogP contribution in [0, 0.1) is 0 Å². The molecule has 0 aliphatic rings. The molecule has 1 aromatic heterocycles. The molecule has 0 aliphatic heterocycles. The Bertz CT molecular complexity index is 440. The summed E-state index contributed by atoms with van der Waals surface area (Å²) < 4.78 is 5.66. The van der Waals surface area contributed by atoms with Gasteiger partial charge < -0.3 is 10.1 Å². The molecular formula is C14H16N2O. The van der Waals surface area contributed by atoms with Gasteiger partial charge in [0.1, 0.15) is 5.75 Å². The van der Waals surface area contributed by atoms with E-state index in [1.54, 1.807) is 12.4 Å². The highest BCUT2D eigenvalue weighted by Gasteiger charge is 1.95. The largest absolute Gasteiger partial charge is 0.493 e. The zero-order chi connectivity index (χ0) is 11.9. The van der Waals surface area contributed by atoms with Crippen LogP contribution in [-0.2, 0) is 6.42 Å². The number of nitrogens with one attached hydrogen (secondary N) is 1. The third-order valence-corrected chi connectivity index (χ3v) is 2.55. The van der Waals surface area contributed by atoms with Gasteiger partial charge in [0.05, 0.1) is 6.61 Å². The second-order valence-electron chi connectivity index (χ2n) is 3.73. The smallest absolute Gasteiger partial charge is 0.119 e. The number of hydrogen-bond donors (Lipinski definition) is 1. The topological polar surface area (TPSA) is 34.1 Å². The van der Waals surface area contributed by atoms with E-state index < -0.39 is 0 Å². The summed E-state index contributed by atoms with van der Waals surface area (Å²) >= 11 is 0. The van der Waals surface area contributed by atoms with E-state index in [2.05, 4.69) is 10.3 Å². The van der Waals surface area contributed by atoms with Crippen molar-refractivity contribution < 1.29 is 4.74 Å². The van der Waals surface area contributed by atoms with E-state index in [1.165, 1.54) is 5.56 Å². The number of benzene rings is 1. The van der Waals surface area contributed by atoms with Crippen LogP contribution in [0.25, 0.3) is 0 Å². The zero-order valence-electron chi connectivity index (χ0n) is 9.89. The lowest BCUT2D eigenvalue weighted by atomic mass is 10.2. The Morgan fingerprint density at radius 2 is 1.76 bits per heavy atom. The summed E-state index contributed by atoms with van der Waals surface area (Å²) in [7, 11) is 1.90. The lowest BCUT2D eigenvalue weighted by molar-refractivity contribution is 0.322. The fraction of sp³-hybridized carbons (Fsp3) is 0.214. The summed E-state index contributed by atoms with van der Waals surface area (Å²) in [6.07, 6.45) is 4.50. The average Bonchev–Trinajstić information content (AvgIpc) is 2.41. The maximum Gasteiger partial charge on any atom is 0.119 e. The molecule has 0 spiro atoms. The van der Waals surface area contributed by atoms with Crippen molar-refractivity contribution >= 4 is 5.69 Å². The van der Waals surface area contributed by atoms with Gasteiger partial charge in [0, 0.05) is 31.5 Å². The van der Waals surface area contributed by atoms with Crippen LogP contribution in [0.5, 0.6) is 5.75 Å². The minimum Gasteiger partial charge on any atom is -0.493 e. The van der Waals surface area contributed by atoms with E-state index in [-0.39, 0.29) is 0 Å². The van der Waals surface area contributed by atoms with Crippen LogP contribution in [0.3, 0.4) is 0 Å². The Hall–Kier alpha value is -2.03. The van der Waals surface area contributed by atoms with Gasteiger partial charge in [0.2, 0.25) is 0 Å². The SMILES string of the molecule is CNc1ccc(OCCc2ccncc2)cc1. The maximum atomic E-state index is 5.66. The van der Waals surface area contributed by atoms with Crippen molar-refractivity contribution in [2.45, 2.75) is 6.42 Å². The molecule has 88 valence electrons. The molecule has 0 saturated carbocycles. The van der Waals surface area contributed by atoms with E-state index in [4.69, 9.17) is 4.74 Å². The number of hydrogen-bond acceptors (Lipinski definition) is 3. The van der Waals surface area contributed by atoms with Gasteiger partial charge in [-0.05, 0) is 42.0 Å². The maximum absolute atomic E-state index is 5.66. The van der Waals surface area contributed by atoms with Crippen LogP contribution in [0.2, 0.25) is 0 Å². The summed E-state index contributed by atoms with van der Waals surface area (Å²) in [6.45, 7) is 0.683. The van der Waals surface area contributed by atoms with Crippen molar-refractivity contribution in [2.24, 2.45) is 0 Å². The summed E-state index contributed by atoms with van der Waals surface area (Å²) in [5.74, 6) is 0.901. The predicted molar refractivity (Wildman–Crippen MR) is 69.4 cm³/mol. The second-order valence-corrected chi connectivity index (χ2v) is 3.73. The molecule has 0 radical (unpaired) electrons. The van der Waals surface area contributed by atoms with Crippen molar-refractivity contribution in [3.05, 3.63) is 54.4 Å². The van der Waals surface area contributed by atoms with Gasteiger partial charge in [-0.3, -0.25) is 4.98 Å². The zero-order valence-corrected chi connectivity index (χ0v) is 9.89. The molecule has 0 unspecified atom stereocenters. The third-order valence-electron chi connectivity index (χ3n) is 2.55. The van der Waals surface area contributed by atoms with Crippen molar-refractivity contribution in [1.29, 1.82) is 0 Å². The highest BCUT2D eigenvalue weighted by Crippen LogP contribution is 2.15. The third kappa shape index (κ3) is 3.48. The van der Waals surface area contributed by atoms with Crippen molar-refractivity contribution in [1.82, 2.24) is 4.98 Å². The molecule has 0 fully saturated rings. The molecule has 2 aromatic rings. The number of anilines is 1. The Morgan fingerprint density at radius 3 is 2.41 bits per heavy atom. The van der Waals surface area contributed by atoms with E-state index in [0.717, 1.165) is 17.9 Å². The Balaban J connectivity index is 1.82. The molecule has 1 N–H and O–H groups in total. The van der Waals surface area contributed by atoms with Crippen LogP contribution in [0.15, 0.2) is 48.8 Å². The fourth-order valence-corrected chi connectivity index (χ4v) is 1.55. The Morgan fingerprint density at radius 1 is 1.06 bits per heavy atom. The number of nitrogens with zero attached hydrogens (tertiary/aromatic N) is 1. The van der Waals surface area contributed by atoms with Gasteiger partial charge in [0.25, 0.3) is 0 Å². The van der Waals surface area contributed by atoms with Gasteiger partial charge in [-0.15, -0.1) is 0 Å². The molecule has 0 saturated heterocycles. The van der Waals surface area contributed by atoms with Crippen LogP contribution < -0.4 is 10.1 Å². The second kappa shape index (κ2) is 5.89. The quantitative estimate of drug-likeness (QED) is 0.854. The standard InChI is InChI=1S/C14H16N2O/c1-15-13-2-4-14(5-3-13)17-11-8-12-6-9-16-10-7-12/h2-7,9-10,15H,8,11H2,1H3. The summed E-state index contributed by atoms with van der Waals surface area (Å²) in [4.78, 5) is 3.98. The molecular weight excluding hydrogens is 212 g/mol. The van der Waals surface area contributed by atoms with Gasteiger partial charge in [-0.2, -0.15) is 0 Å². The van der Waals surface area contributed by atoms with Crippen LogP contribution >= 0.6 is 0 Å². The van der Waals surface area contributed by atoms with Crippen LogP contribution in [-0.4, -0.2) is 18.6 Å². The Kier molecular flexibility index (Phi) is 3.97. The average molecular weight is 228 g/mol. The number of aromatic nitrogens is 1. The van der Waals surface area contributed by atoms with Gasteiger partial charge in [-0.25, -0.2) is 0 Å². The predicted octanol–water partition coefficient (Wildman–Crippen LogP) is 2.74. The van der Waals surface area contributed by atoms with Crippen molar-refractivity contribution in [3.8, 4) is 5.75 Å². The first-order valence-corrected chi connectivity index (χ1v) is 5.68. The molecule has 1 aromatic carbocycles. The summed E-state index contributed by atoms with van der Waals surface area (Å²) in [5.41, 5.74) is 2.33. The van der Waals surface area contributed by atoms with Crippen molar-refractivity contribution in [3.63, 3.8) is 0 Å². The first-order chi connectivity index (χ1) is 8.38. The summed E-state index contributed by atoms with van der Waals surface area (Å²) in [6, 6.07) is 12.0. The van der Waals surface area contributed by atoms with E-state index in [1.807, 2.05) is 43.4 Å². The van der Waals surface area contributed by atoms with Gasteiger partial charge in [-0.1, -0.05) is 0 Å². The first kappa shape index (κ1) is 11.5. The lowest BCUT2D eigenvalue weighted by Gasteiger charge is -2.07. The van der Waals surface area contributed by atoms with Gasteiger partial charge >= 0.3 is 0 Å².